The van der Waals surface area contributed by atoms with Crippen LogP contribution in [0.25, 0.3) is 0 Å². The molecule has 3 N–H and O–H groups in total. The number of rotatable bonds is 6. The van der Waals surface area contributed by atoms with Crippen molar-refractivity contribution in [3.63, 3.8) is 0 Å². The Bertz CT molecular complexity index is 538. The third kappa shape index (κ3) is 5.54. The second-order valence-corrected chi connectivity index (χ2v) is 8.91. The van der Waals surface area contributed by atoms with Crippen LogP contribution in [0.2, 0.25) is 0 Å². The van der Waals surface area contributed by atoms with Gasteiger partial charge in [-0.1, -0.05) is 32.4 Å². The molecule has 1 rings (SSSR count). The summed E-state index contributed by atoms with van der Waals surface area (Å²) in [5, 5.41) is 2.85. The number of carbonyl (C=O) groups excluding carboxylic acids is 1. The molecule has 124 valence electrons. The second-order valence-electron chi connectivity index (χ2n) is 6.70. The van der Waals surface area contributed by atoms with Crippen LogP contribution < -0.4 is 11.1 Å². The van der Waals surface area contributed by atoms with Crippen molar-refractivity contribution in [2.24, 2.45) is 11.7 Å². The van der Waals surface area contributed by atoms with Crippen LogP contribution in [0.3, 0.4) is 0 Å². The maximum absolute atomic E-state index is 12.2. The normalized spacial score (nSPS) is 15.9. The molecule has 0 spiro atoms. The molecule has 1 aromatic rings. The van der Waals surface area contributed by atoms with Gasteiger partial charge in [-0.25, -0.2) is 0 Å². The molecule has 0 saturated heterocycles. The van der Waals surface area contributed by atoms with Crippen LogP contribution >= 0.6 is 0 Å². The largest absolute Gasteiger partial charge is 0.325 e. The molecule has 1 aromatic carbocycles. The van der Waals surface area contributed by atoms with Crippen molar-refractivity contribution in [2.45, 2.75) is 57.6 Å². The van der Waals surface area contributed by atoms with Gasteiger partial charge in [0, 0.05) is 27.0 Å². The second kappa shape index (κ2) is 7.88. The zero-order valence-corrected chi connectivity index (χ0v) is 15.0. The summed E-state index contributed by atoms with van der Waals surface area (Å²) in [4.78, 5) is 12.1. The molecule has 0 aliphatic rings. The van der Waals surface area contributed by atoms with E-state index in [0.29, 0.717) is 11.4 Å². The molecular weight excluding hydrogens is 296 g/mol. The van der Waals surface area contributed by atoms with Crippen LogP contribution in [-0.4, -0.2) is 20.9 Å². The van der Waals surface area contributed by atoms with Crippen LogP contribution in [0.1, 0.15) is 46.6 Å². The van der Waals surface area contributed by atoms with Gasteiger partial charge < -0.3 is 11.1 Å². The third-order valence-electron chi connectivity index (χ3n) is 3.74. The van der Waals surface area contributed by atoms with Crippen LogP contribution in [0.15, 0.2) is 24.3 Å². The molecule has 0 heterocycles. The van der Waals surface area contributed by atoms with E-state index < -0.39 is 16.8 Å². The topological polar surface area (TPSA) is 72.2 Å². The van der Waals surface area contributed by atoms with Gasteiger partial charge in [0.2, 0.25) is 5.91 Å². The van der Waals surface area contributed by atoms with Crippen LogP contribution in [0.4, 0.5) is 5.69 Å². The summed E-state index contributed by atoms with van der Waals surface area (Å²) < 4.78 is 12.0. The average molecular weight is 324 g/mol. The Morgan fingerprint density at radius 2 is 2.00 bits per heavy atom. The molecule has 0 radical (unpaired) electrons. The van der Waals surface area contributed by atoms with Gasteiger partial charge in [0.15, 0.2) is 0 Å². The smallest absolute Gasteiger partial charge is 0.241 e. The van der Waals surface area contributed by atoms with Crippen molar-refractivity contribution < 1.29 is 9.00 Å². The number of anilines is 1. The highest BCUT2D eigenvalue weighted by molar-refractivity contribution is 7.85. The maximum atomic E-state index is 12.2. The highest BCUT2D eigenvalue weighted by atomic mass is 32.2. The standard InChI is InChI=1S/C17H28N2O2S/c1-6-12(2)15(18)16(20)19-14-9-7-8-13(10-14)11-22(21)17(3,4)5/h7-10,12,15H,6,11,18H2,1-5H3,(H,19,20). The fourth-order valence-corrected chi connectivity index (χ4v) is 2.76. The predicted octanol–water partition coefficient (Wildman–Crippen LogP) is 3.05. The van der Waals surface area contributed by atoms with Gasteiger partial charge in [0.05, 0.1) is 6.04 Å². The lowest BCUT2D eigenvalue weighted by Gasteiger charge is -2.19. The van der Waals surface area contributed by atoms with Crippen molar-refractivity contribution in [3.05, 3.63) is 29.8 Å². The lowest BCUT2D eigenvalue weighted by molar-refractivity contribution is -0.118. The highest BCUT2D eigenvalue weighted by Gasteiger charge is 2.21. The SMILES string of the molecule is CCC(C)C(N)C(=O)Nc1cccc(CS(=O)C(C)(C)C)c1. The molecule has 0 bridgehead atoms. The van der Waals surface area contributed by atoms with Crippen molar-refractivity contribution in [1.29, 1.82) is 0 Å². The molecule has 0 saturated carbocycles. The maximum Gasteiger partial charge on any atom is 0.241 e. The molecule has 22 heavy (non-hydrogen) atoms. The third-order valence-corrected chi connectivity index (χ3v) is 5.70. The molecule has 0 aromatic heterocycles. The summed E-state index contributed by atoms with van der Waals surface area (Å²) in [6.45, 7) is 9.85. The van der Waals surface area contributed by atoms with Gasteiger partial charge in [-0.05, 0) is 44.4 Å². The molecule has 5 heteroatoms. The summed E-state index contributed by atoms with van der Waals surface area (Å²) in [6, 6.07) is 6.96. The monoisotopic (exact) mass is 324 g/mol. The summed E-state index contributed by atoms with van der Waals surface area (Å²) in [5.74, 6) is 0.435. The molecule has 0 fully saturated rings. The number of hydrogen-bond acceptors (Lipinski definition) is 3. The number of benzene rings is 1. The summed E-state index contributed by atoms with van der Waals surface area (Å²) in [7, 11) is -0.964. The fraction of sp³-hybridized carbons (Fsp3) is 0.588. The van der Waals surface area contributed by atoms with Crippen molar-refractivity contribution in [3.8, 4) is 0 Å². The zero-order chi connectivity index (χ0) is 16.9. The van der Waals surface area contributed by atoms with Gasteiger partial charge in [0.25, 0.3) is 0 Å². The quantitative estimate of drug-likeness (QED) is 0.845. The number of nitrogens with two attached hydrogens (primary N) is 1. The number of hydrogen-bond donors (Lipinski definition) is 2. The van der Waals surface area contributed by atoms with Crippen molar-refractivity contribution in [1.82, 2.24) is 0 Å². The average Bonchev–Trinajstić information content (AvgIpc) is 2.44. The first kappa shape index (κ1) is 18.8. The fourth-order valence-electron chi connectivity index (χ4n) is 1.84. The van der Waals surface area contributed by atoms with E-state index in [1.54, 1.807) is 0 Å². The lowest BCUT2D eigenvalue weighted by atomic mass is 9.99. The van der Waals surface area contributed by atoms with E-state index in [-0.39, 0.29) is 16.6 Å². The van der Waals surface area contributed by atoms with Gasteiger partial charge >= 0.3 is 0 Å². The minimum absolute atomic E-state index is 0.136. The van der Waals surface area contributed by atoms with Crippen LogP contribution in [-0.2, 0) is 21.3 Å². The molecule has 3 atom stereocenters. The zero-order valence-electron chi connectivity index (χ0n) is 14.2. The Hall–Kier alpha value is -1.20. The summed E-state index contributed by atoms with van der Waals surface area (Å²) in [5.41, 5.74) is 7.58. The van der Waals surface area contributed by atoms with Gasteiger partial charge in [0.1, 0.15) is 0 Å². The first-order valence-corrected chi connectivity index (χ1v) is 9.01. The number of nitrogens with one attached hydrogen (secondary N) is 1. The number of carbonyl (C=O) groups is 1. The van der Waals surface area contributed by atoms with E-state index >= 15 is 0 Å². The molecule has 4 nitrogen and oxygen atoms in total. The van der Waals surface area contributed by atoms with Crippen molar-refractivity contribution >= 4 is 22.4 Å². The van der Waals surface area contributed by atoms with Gasteiger partial charge in [-0.15, -0.1) is 0 Å². The van der Waals surface area contributed by atoms with E-state index in [1.165, 1.54) is 0 Å². The lowest BCUT2D eigenvalue weighted by Crippen LogP contribution is -2.40. The number of amides is 1. The minimum atomic E-state index is -0.964. The first-order valence-electron chi connectivity index (χ1n) is 7.69. The van der Waals surface area contributed by atoms with E-state index in [1.807, 2.05) is 58.9 Å². The van der Waals surface area contributed by atoms with Crippen molar-refractivity contribution in [2.75, 3.05) is 5.32 Å². The van der Waals surface area contributed by atoms with Gasteiger partial charge in [-0.2, -0.15) is 0 Å². The van der Waals surface area contributed by atoms with Gasteiger partial charge in [-0.3, -0.25) is 9.00 Å². The Kier molecular flexibility index (Phi) is 6.75. The Labute approximate surface area is 136 Å². The molecular formula is C17H28N2O2S. The molecule has 1 amide bonds. The van der Waals surface area contributed by atoms with E-state index in [2.05, 4.69) is 5.32 Å². The van der Waals surface area contributed by atoms with E-state index in [0.717, 1.165) is 12.0 Å². The highest BCUT2D eigenvalue weighted by Crippen LogP contribution is 2.19. The predicted molar refractivity (Wildman–Crippen MR) is 94.1 cm³/mol. The Morgan fingerprint density at radius 1 is 1.36 bits per heavy atom. The van der Waals surface area contributed by atoms with E-state index in [9.17, 15) is 9.00 Å². The molecule has 0 aliphatic carbocycles. The minimum Gasteiger partial charge on any atom is -0.325 e. The van der Waals surface area contributed by atoms with E-state index in [4.69, 9.17) is 5.73 Å². The molecule has 3 unspecified atom stereocenters. The Morgan fingerprint density at radius 3 is 2.55 bits per heavy atom. The Balaban J connectivity index is 2.76. The molecule has 0 aliphatic heterocycles. The first-order chi connectivity index (χ1) is 10.1. The summed E-state index contributed by atoms with van der Waals surface area (Å²) >= 11 is 0. The van der Waals surface area contributed by atoms with Crippen LogP contribution in [0, 0.1) is 5.92 Å². The van der Waals surface area contributed by atoms with Crippen LogP contribution in [0.5, 0.6) is 0 Å². The summed E-state index contributed by atoms with van der Waals surface area (Å²) in [6.07, 6.45) is 0.860.